The van der Waals surface area contributed by atoms with Crippen LogP contribution in [0.5, 0.6) is 0 Å². The number of aromatic nitrogens is 2. The van der Waals surface area contributed by atoms with Crippen LogP contribution in [0.25, 0.3) is 10.7 Å². The van der Waals surface area contributed by atoms with Gasteiger partial charge in [-0.2, -0.15) is 0 Å². The maximum Gasteiger partial charge on any atom is 0.171 e. The number of hydrogen-bond acceptors (Lipinski definition) is 4. The third kappa shape index (κ3) is 3.55. The quantitative estimate of drug-likeness (QED) is 0.751. The van der Waals surface area contributed by atoms with Gasteiger partial charge in [-0.15, -0.1) is 11.3 Å². The summed E-state index contributed by atoms with van der Waals surface area (Å²) >= 11 is 8.72. The third-order valence-corrected chi connectivity index (χ3v) is 5.06. The van der Waals surface area contributed by atoms with Crippen molar-refractivity contribution in [1.29, 1.82) is 0 Å². The molecule has 2 rings (SSSR count). The van der Waals surface area contributed by atoms with Gasteiger partial charge in [0, 0.05) is 16.4 Å². The van der Waals surface area contributed by atoms with Gasteiger partial charge >= 0.3 is 0 Å². The molecule has 0 fully saturated rings. The molecule has 3 nitrogen and oxygen atoms in total. The zero-order chi connectivity index (χ0) is 13.8. The van der Waals surface area contributed by atoms with E-state index in [-0.39, 0.29) is 0 Å². The lowest BCUT2D eigenvalue weighted by atomic mass is 10.2. The number of nitrogens with zero attached hydrogens (tertiary/aromatic N) is 2. The lowest BCUT2D eigenvalue weighted by Gasteiger charge is -2.11. The minimum Gasteiger partial charge on any atom is -0.369 e. The summed E-state index contributed by atoms with van der Waals surface area (Å²) in [5.74, 6) is 1.67. The van der Waals surface area contributed by atoms with Gasteiger partial charge in [0.15, 0.2) is 5.82 Å². The van der Waals surface area contributed by atoms with Crippen molar-refractivity contribution in [3.8, 4) is 10.7 Å². The van der Waals surface area contributed by atoms with E-state index in [1.54, 1.807) is 11.3 Å². The first-order chi connectivity index (χ1) is 9.15. The van der Waals surface area contributed by atoms with E-state index in [1.807, 2.05) is 5.38 Å². The fourth-order valence-corrected chi connectivity index (χ4v) is 3.60. The number of hydrogen-bond donors (Lipinski definition) is 1. The van der Waals surface area contributed by atoms with Crippen molar-refractivity contribution in [3.63, 3.8) is 0 Å². The van der Waals surface area contributed by atoms with Crippen LogP contribution in [-0.4, -0.2) is 16.5 Å². The number of anilines is 1. The normalized spacial score (nSPS) is 10.7. The molecule has 0 radical (unpaired) electrons. The molecule has 0 saturated heterocycles. The molecule has 6 heteroatoms. The Hall–Kier alpha value is -0.460. The van der Waals surface area contributed by atoms with E-state index in [0.717, 1.165) is 50.5 Å². The van der Waals surface area contributed by atoms with Gasteiger partial charge in [-0.05, 0) is 51.3 Å². The second kappa shape index (κ2) is 6.81. The van der Waals surface area contributed by atoms with Crippen molar-refractivity contribution in [3.05, 3.63) is 26.1 Å². The lowest BCUT2D eigenvalue weighted by molar-refractivity contribution is 0.868. The number of rotatable bonds is 5. The average Bonchev–Trinajstić information content (AvgIpc) is 2.81. The monoisotopic (exact) mass is 403 g/mol. The highest BCUT2D eigenvalue weighted by Crippen LogP contribution is 2.32. The van der Waals surface area contributed by atoms with Crippen LogP contribution in [0.4, 0.5) is 5.82 Å². The topological polar surface area (TPSA) is 37.8 Å². The third-order valence-electron chi connectivity index (χ3n) is 2.54. The first-order valence-corrected chi connectivity index (χ1v) is 8.67. The van der Waals surface area contributed by atoms with Gasteiger partial charge in [0.05, 0.1) is 15.0 Å². The predicted octanol–water partition coefficient (Wildman–Crippen LogP) is 5.11. The Bertz CT molecular complexity index is 542. The van der Waals surface area contributed by atoms with Crippen LogP contribution in [-0.2, 0) is 6.42 Å². The first kappa shape index (κ1) is 14.9. The molecule has 2 aromatic rings. The highest BCUT2D eigenvalue weighted by atomic mass is 79.9. The molecule has 0 aliphatic carbocycles. The van der Waals surface area contributed by atoms with Crippen LogP contribution in [0.2, 0.25) is 0 Å². The summed E-state index contributed by atoms with van der Waals surface area (Å²) in [4.78, 5) is 10.4. The summed E-state index contributed by atoms with van der Waals surface area (Å²) in [5.41, 5.74) is 1.06. The molecule has 1 N–H and O–H groups in total. The molecular weight excluding hydrogens is 390 g/mol. The van der Waals surface area contributed by atoms with Crippen molar-refractivity contribution in [2.45, 2.75) is 26.7 Å². The maximum atomic E-state index is 4.68. The molecule has 0 atom stereocenters. The minimum atomic E-state index is 0.790. The van der Waals surface area contributed by atoms with E-state index >= 15 is 0 Å². The molecule has 0 aliphatic heterocycles. The average molecular weight is 405 g/mol. The molecule has 0 unspecified atom stereocenters. The number of aryl methyl sites for hydroxylation is 1. The molecular formula is C13H15Br2N3S. The van der Waals surface area contributed by atoms with E-state index in [9.17, 15) is 0 Å². The fraction of sp³-hybridized carbons (Fsp3) is 0.385. The number of halogens is 2. The van der Waals surface area contributed by atoms with Crippen molar-refractivity contribution in [2.24, 2.45) is 0 Å². The summed E-state index contributed by atoms with van der Waals surface area (Å²) in [6, 6.07) is 2.05. The molecule has 0 aromatic carbocycles. The van der Waals surface area contributed by atoms with Crippen LogP contribution in [0.1, 0.15) is 26.0 Å². The fourth-order valence-electron chi connectivity index (χ4n) is 1.72. The Kier molecular flexibility index (Phi) is 5.36. The second-order valence-electron chi connectivity index (χ2n) is 4.07. The molecule has 102 valence electrons. The lowest BCUT2D eigenvalue weighted by Crippen LogP contribution is -2.05. The first-order valence-electron chi connectivity index (χ1n) is 6.20. The zero-order valence-electron chi connectivity index (χ0n) is 10.8. The summed E-state index contributed by atoms with van der Waals surface area (Å²) in [7, 11) is 0. The van der Waals surface area contributed by atoms with Gasteiger partial charge < -0.3 is 5.32 Å². The van der Waals surface area contributed by atoms with Crippen LogP contribution in [0.15, 0.2) is 20.4 Å². The van der Waals surface area contributed by atoms with Crippen LogP contribution in [0, 0.1) is 0 Å². The smallest absolute Gasteiger partial charge is 0.171 e. The Morgan fingerprint density at radius 3 is 2.63 bits per heavy atom. The van der Waals surface area contributed by atoms with Crippen molar-refractivity contribution in [2.75, 3.05) is 11.9 Å². The summed E-state index contributed by atoms with van der Waals surface area (Å²) in [6.45, 7) is 5.06. The van der Waals surface area contributed by atoms with E-state index in [2.05, 4.69) is 67.1 Å². The largest absolute Gasteiger partial charge is 0.369 e. The van der Waals surface area contributed by atoms with Crippen molar-refractivity contribution >= 4 is 49.0 Å². The molecule has 0 spiro atoms. The Morgan fingerprint density at radius 1 is 1.26 bits per heavy atom. The molecule has 2 heterocycles. The van der Waals surface area contributed by atoms with E-state index in [0.29, 0.717) is 0 Å². The standard InChI is InChI=1S/C13H15Br2N3S/c1-3-5-9-11(15)13(16-4-2)18-12(17-9)10-6-8(14)7-19-10/h6-7H,3-5H2,1-2H3,(H,16,17,18). The summed E-state index contributed by atoms with van der Waals surface area (Å²) in [5, 5.41) is 5.34. The Morgan fingerprint density at radius 2 is 2.05 bits per heavy atom. The van der Waals surface area contributed by atoms with Crippen LogP contribution < -0.4 is 5.32 Å². The van der Waals surface area contributed by atoms with Crippen LogP contribution >= 0.6 is 43.2 Å². The van der Waals surface area contributed by atoms with Gasteiger partial charge in [0.25, 0.3) is 0 Å². The van der Waals surface area contributed by atoms with Gasteiger partial charge in [-0.3, -0.25) is 0 Å². The van der Waals surface area contributed by atoms with Gasteiger partial charge in [-0.25, -0.2) is 9.97 Å². The Balaban J connectivity index is 2.48. The van der Waals surface area contributed by atoms with Crippen molar-refractivity contribution in [1.82, 2.24) is 9.97 Å². The van der Waals surface area contributed by atoms with E-state index in [1.165, 1.54) is 0 Å². The molecule has 0 amide bonds. The van der Waals surface area contributed by atoms with E-state index in [4.69, 9.17) is 0 Å². The number of thiophene rings is 1. The Labute approximate surface area is 134 Å². The van der Waals surface area contributed by atoms with Gasteiger partial charge in [0.2, 0.25) is 0 Å². The number of nitrogens with one attached hydrogen (secondary N) is 1. The zero-order valence-corrected chi connectivity index (χ0v) is 14.8. The van der Waals surface area contributed by atoms with Gasteiger partial charge in [-0.1, -0.05) is 13.3 Å². The van der Waals surface area contributed by atoms with Crippen LogP contribution in [0.3, 0.4) is 0 Å². The van der Waals surface area contributed by atoms with Gasteiger partial charge in [0.1, 0.15) is 5.82 Å². The van der Waals surface area contributed by atoms with E-state index < -0.39 is 0 Å². The molecule has 0 bridgehead atoms. The predicted molar refractivity (Wildman–Crippen MR) is 88.9 cm³/mol. The maximum absolute atomic E-state index is 4.68. The summed E-state index contributed by atoms with van der Waals surface area (Å²) < 4.78 is 2.05. The highest BCUT2D eigenvalue weighted by Gasteiger charge is 2.13. The molecule has 0 aliphatic rings. The summed E-state index contributed by atoms with van der Waals surface area (Å²) in [6.07, 6.45) is 2.01. The molecule has 0 saturated carbocycles. The van der Waals surface area contributed by atoms with Crippen molar-refractivity contribution < 1.29 is 0 Å². The SMILES string of the molecule is CCCc1nc(-c2cc(Br)cs2)nc(NCC)c1Br. The minimum absolute atomic E-state index is 0.790. The molecule has 19 heavy (non-hydrogen) atoms. The highest BCUT2D eigenvalue weighted by molar-refractivity contribution is 9.11. The second-order valence-corrected chi connectivity index (χ2v) is 6.69. The molecule has 2 aromatic heterocycles.